The SMILES string of the molecule is CC(C)(C)CC(C)(C)N=C1Nc2cc(Cl)c(Cl)cc2NC12C[C@H]1CCC(=O)N3CC[C@@H](C2)[C@@H]13. The minimum Gasteiger partial charge on any atom is -0.371 e. The fourth-order valence-corrected chi connectivity index (χ4v) is 7.57. The monoisotopic (exact) mass is 490 g/mol. The highest BCUT2D eigenvalue weighted by Gasteiger charge is 2.56. The number of benzene rings is 1. The van der Waals surface area contributed by atoms with Gasteiger partial charge in [0.25, 0.3) is 0 Å². The molecular weight excluding hydrogens is 455 g/mol. The van der Waals surface area contributed by atoms with Gasteiger partial charge in [-0.15, -0.1) is 0 Å². The summed E-state index contributed by atoms with van der Waals surface area (Å²) in [4.78, 5) is 20.1. The third-order valence-corrected chi connectivity index (χ3v) is 8.58. The quantitative estimate of drug-likeness (QED) is 0.490. The number of halogens is 2. The molecule has 1 aromatic rings. The van der Waals surface area contributed by atoms with Crippen molar-refractivity contribution in [3.63, 3.8) is 0 Å². The maximum Gasteiger partial charge on any atom is 0.222 e. The molecule has 5 nitrogen and oxygen atoms in total. The van der Waals surface area contributed by atoms with E-state index < -0.39 is 0 Å². The number of anilines is 2. The Hall–Kier alpha value is -1.46. The Morgan fingerprint density at radius 3 is 2.36 bits per heavy atom. The van der Waals surface area contributed by atoms with E-state index in [-0.39, 0.29) is 16.5 Å². The number of amides is 1. The molecule has 7 heteroatoms. The van der Waals surface area contributed by atoms with E-state index in [1.54, 1.807) is 0 Å². The third-order valence-electron chi connectivity index (χ3n) is 7.86. The molecule has 1 amide bonds. The van der Waals surface area contributed by atoms with Crippen LogP contribution in [-0.2, 0) is 4.79 Å². The van der Waals surface area contributed by atoms with E-state index >= 15 is 0 Å². The summed E-state index contributed by atoms with van der Waals surface area (Å²) >= 11 is 12.8. The van der Waals surface area contributed by atoms with Gasteiger partial charge >= 0.3 is 0 Å². The van der Waals surface area contributed by atoms with Crippen molar-refractivity contribution < 1.29 is 4.79 Å². The van der Waals surface area contributed by atoms with Gasteiger partial charge in [0.05, 0.1) is 32.5 Å². The molecule has 0 aromatic heterocycles. The Bertz CT molecular complexity index is 1010. The van der Waals surface area contributed by atoms with Crippen molar-refractivity contribution in [3.8, 4) is 0 Å². The Balaban J connectivity index is 1.57. The van der Waals surface area contributed by atoms with E-state index in [1.807, 2.05) is 12.1 Å². The molecule has 0 radical (unpaired) electrons. The molecule has 4 atom stereocenters. The van der Waals surface area contributed by atoms with E-state index in [9.17, 15) is 4.79 Å². The Labute approximate surface area is 207 Å². The minimum absolute atomic E-state index is 0.172. The van der Waals surface area contributed by atoms with E-state index in [0.717, 1.165) is 55.9 Å². The number of piperidine rings is 1. The van der Waals surface area contributed by atoms with Crippen LogP contribution in [0.25, 0.3) is 0 Å². The summed E-state index contributed by atoms with van der Waals surface area (Å²) in [5.41, 5.74) is 1.57. The molecule has 1 saturated carbocycles. The zero-order valence-electron chi connectivity index (χ0n) is 20.4. The van der Waals surface area contributed by atoms with E-state index in [4.69, 9.17) is 28.2 Å². The highest BCUT2D eigenvalue weighted by atomic mass is 35.5. The number of rotatable bonds is 2. The van der Waals surface area contributed by atoms with Crippen molar-refractivity contribution in [2.75, 3.05) is 17.2 Å². The fraction of sp³-hybridized carbons (Fsp3) is 0.692. The summed E-state index contributed by atoms with van der Waals surface area (Å²) in [5.74, 6) is 2.33. The molecule has 1 aromatic carbocycles. The summed E-state index contributed by atoms with van der Waals surface area (Å²) < 4.78 is 0. The first-order valence-electron chi connectivity index (χ1n) is 12.3. The van der Waals surface area contributed by atoms with Crippen LogP contribution >= 0.6 is 23.2 Å². The number of carbonyl (C=O) groups is 1. The lowest BCUT2D eigenvalue weighted by Gasteiger charge is -2.53. The van der Waals surface area contributed by atoms with Crippen molar-refractivity contribution in [3.05, 3.63) is 22.2 Å². The summed E-state index contributed by atoms with van der Waals surface area (Å²) in [6, 6.07) is 4.22. The van der Waals surface area contributed by atoms with Gasteiger partial charge in [0.15, 0.2) is 0 Å². The van der Waals surface area contributed by atoms with Crippen LogP contribution in [0.4, 0.5) is 11.4 Å². The van der Waals surface area contributed by atoms with Gasteiger partial charge in [0.1, 0.15) is 5.84 Å². The minimum atomic E-state index is -0.290. The lowest BCUT2D eigenvalue weighted by atomic mass is 9.64. The molecule has 180 valence electrons. The van der Waals surface area contributed by atoms with Gasteiger partial charge in [0.2, 0.25) is 5.91 Å². The smallest absolute Gasteiger partial charge is 0.222 e. The summed E-state index contributed by atoms with van der Waals surface area (Å²) in [6.07, 6.45) is 5.62. The number of nitrogens with zero attached hydrogens (tertiary/aromatic N) is 2. The maximum absolute atomic E-state index is 12.5. The summed E-state index contributed by atoms with van der Waals surface area (Å²) in [5, 5.41) is 8.69. The van der Waals surface area contributed by atoms with Crippen molar-refractivity contribution in [2.24, 2.45) is 22.2 Å². The van der Waals surface area contributed by atoms with Gasteiger partial charge in [-0.2, -0.15) is 0 Å². The van der Waals surface area contributed by atoms with Crippen LogP contribution in [0.3, 0.4) is 0 Å². The molecule has 1 spiro atoms. The van der Waals surface area contributed by atoms with Crippen LogP contribution in [0.2, 0.25) is 10.0 Å². The Morgan fingerprint density at radius 1 is 1.06 bits per heavy atom. The predicted molar refractivity (Wildman–Crippen MR) is 138 cm³/mol. The van der Waals surface area contributed by atoms with Crippen molar-refractivity contribution in [2.45, 2.75) is 90.3 Å². The molecule has 33 heavy (non-hydrogen) atoms. The van der Waals surface area contributed by atoms with Crippen molar-refractivity contribution in [1.29, 1.82) is 0 Å². The normalized spacial score (nSPS) is 32.5. The molecule has 2 N–H and O–H groups in total. The van der Waals surface area contributed by atoms with Gasteiger partial charge in [0, 0.05) is 19.0 Å². The van der Waals surface area contributed by atoms with Crippen LogP contribution in [0, 0.1) is 17.3 Å². The van der Waals surface area contributed by atoms with Crippen LogP contribution < -0.4 is 10.6 Å². The van der Waals surface area contributed by atoms with Gasteiger partial charge in [-0.25, -0.2) is 0 Å². The van der Waals surface area contributed by atoms with Crippen molar-refractivity contribution in [1.82, 2.24) is 4.90 Å². The average molecular weight is 492 g/mol. The Kier molecular flexibility index (Phi) is 5.49. The molecule has 2 saturated heterocycles. The Morgan fingerprint density at radius 2 is 1.70 bits per heavy atom. The van der Waals surface area contributed by atoms with E-state index in [0.29, 0.717) is 40.3 Å². The lowest BCUT2D eigenvalue weighted by Crippen LogP contribution is -2.62. The first kappa shape index (κ1) is 23.3. The zero-order chi connectivity index (χ0) is 23.8. The van der Waals surface area contributed by atoms with Gasteiger partial charge in [-0.1, -0.05) is 44.0 Å². The highest BCUT2D eigenvalue weighted by molar-refractivity contribution is 6.42. The number of aliphatic imine (C=N–C) groups is 1. The maximum atomic E-state index is 12.5. The summed E-state index contributed by atoms with van der Waals surface area (Å²) in [6.45, 7) is 12.2. The number of carbonyl (C=O) groups excluding carboxylic acids is 1. The largest absolute Gasteiger partial charge is 0.371 e. The average Bonchev–Trinajstić information content (AvgIpc) is 3.10. The standard InChI is InChI=1S/C26H36Cl2N4O/c1-24(2,3)14-25(4,5)31-23-26(30-20-11-18(28)17(27)10-19(20)29-23)12-15-6-7-21(33)32-9-8-16(13-26)22(15)32/h10-11,15-16,22,30H,6-9,12-14H2,1-5H3,(H,29,31)/t15-,16+,22-,26?/m1/s1. The molecular formula is C26H36Cl2N4O. The van der Waals surface area contributed by atoms with Crippen LogP contribution in [0.1, 0.15) is 73.1 Å². The number of fused-ring (bicyclic) bond motifs is 1. The molecule has 1 aliphatic carbocycles. The van der Waals surface area contributed by atoms with Gasteiger partial charge < -0.3 is 15.5 Å². The molecule has 4 aliphatic rings. The highest BCUT2D eigenvalue weighted by Crippen LogP contribution is 2.52. The van der Waals surface area contributed by atoms with Gasteiger partial charge in [-0.3, -0.25) is 9.79 Å². The summed E-state index contributed by atoms with van der Waals surface area (Å²) in [7, 11) is 0. The topological polar surface area (TPSA) is 56.7 Å². The third kappa shape index (κ3) is 4.25. The van der Waals surface area contributed by atoms with E-state index in [2.05, 4.69) is 50.2 Å². The zero-order valence-corrected chi connectivity index (χ0v) is 21.9. The van der Waals surface area contributed by atoms with Crippen LogP contribution in [0.15, 0.2) is 17.1 Å². The van der Waals surface area contributed by atoms with Crippen LogP contribution in [-0.4, -0.2) is 40.3 Å². The molecule has 5 rings (SSSR count). The van der Waals surface area contributed by atoms with Crippen LogP contribution in [0.5, 0.6) is 0 Å². The first-order valence-corrected chi connectivity index (χ1v) is 13.1. The molecule has 3 fully saturated rings. The second-order valence-corrected chi connectivity index (χ2v) is 13.3. The second-order valence-electron chi connectivity index (χ2n) is 12.5. The number of nitrogens with one attached hydrogen (secondary N) is 2. The first-order chi connectivity index (χ1) is 15.4. The predicted octanol–water partition coefficient (Wildman–Crippen LogP) is 6.60. The lowest BCUT2D eigenvalue weighted by molar-refractivity contribution is -0.138. The number of hydrogen-bond acceptors (Lipinski definition) is 3. The molecule has 3 aliphatic heterocycles. The fourth-order valence-electron chi connectivity index (χ4n) is 7.25. The van der Waals surface area contributed by atoms with Crippen molar-refractivity contribution >= 4 is 46.3 Å². The molecule has 1 unspecified atom stereocenters. The van der Waals surface area contributed by atoms with Gasteiger partial charge in [-0.05, 0) is 75.3 Å². The van der Waals surface area contributed by atoms with E-state index in [1.165, 1.54) is 0 Å². The number of amidine groups is 1. The second kappa shape index (κ2) is 7.78. The molecule has 3 heterocycles. The number of hydrogen-bond donors (Lipinski definition) is 2. The molecule has 0 bridgehead atoms.